The number of hydrogen-bond donors (Lipinski definition) is 1. The number of amides is 1. The lowest BCUT2D eigenvalue weighted by molar-refractivity contribution is 0.0701. The number of hydrogen-bond acceptors (Lipinski definition) is 3. The molecule has 1 aliphatic heterocycles. The summed E-state index contributed by atoms with van der Waals surface area (Å²) in [6.45, 7) is 1.12. The molecule has 0 saturated carbocycles. The Hall–Kier alpha value is -3.48. The van der Waals surface area contributed by atoms with E-state index in [9.17, 15) is 9.18 Å². The summed E-state index contributed by atoms with van der Waals surface area (Å²) in [7, 11) is 0. The van der Waals surface area contributed by atoms with E-state index < -0.39 is 5.95 Å². The first kappa shape index (κ1) is 17.6. The molecule has 7 heteroatoms. The molecule has 3 aromatic heterocycles. The molecule has 0 spiro atoms. The maximum atomic E-state index is 14.6. The number of nitrogens with one attached hydrogen (secondary N) is 1. The number of piperidine rings is 1. The third-order valence-electron chi connectivity index (χ3n) is 5.62. The van der Waals surface area contributed by atoms with Crippen molar-refractivity contribution in [3.63, 3.8) is 0 Å². The lowest BCUT2D eigenvalue weighted by atomic mass is 9.89. The first-order valence-electron chi connectivity index (χ1n) is 9.73. The van der Waals surface area contributed by atoms with E-state index >= 15 is 0 Å². The molecule has 1 aliphatic rings. The summed E-state index contributed by atoms with van der Waals surface area (Å²) >= 11 is 0. The fourth-order valence-corrected chi connectivity index (χ4v) is 4.08. The Kier molecular flexibility index (Phi) is 4.35. The third-order valence-corrected chi connectivity index (χ3v) is 5.62. The molecule has 5 rings (SSSR count). The molecule has 0 unspecified atom stereocenters. The molecule has 6 nitrogen and oxygen atoms in total. The van der Waals surface area contributed by atoms with Crippen LogP contribution in [0.15, 0.2) is 60.9 Å². The van der Waals surface area contributed by atoms with Crippen molar-refractivity contribution < 1.29 is 9.18 Å². The molecule has 0 aliphatic carbocycles. The lowest BCUT2D eigenvalue weighted by Gasteiger charge is -2.31. The number of aromatic nitrogens is 4. The first-order chi connectivity index (χ1) is 14.2. The zero-order valence-corrected chi connectivity index (χ0v) is 15.8. The second-order valence-corrected chi connectivity index (χ2v) is 7.31. The molecule has 0 atom stereocenters. The summed E-state index contributed by atoms with van der Waals surface area (Å²) in [6, 6.07) is 15.3. The monoisotopic (exact) mass is 389 g/mol. The Bertz CT molecular complexity index is 1160. The molecule has 4 aromatic rings. The number of carbonyl (C=O) groups excluding carboxylic acids is 1. The van der Waals surface area contributed by atoms with Crippen molar-refractivity contribution >= 4 is 11.6 Å². The van der Waals surface area contributed by atoms with Gasteiger partial charge in [-0.05, 0) is 30.5 Å². The summed E-state index contributed by atoms with van der Waals surface area (Å²) in [6.07, 6.45) is 5.02. The van der Waals surface area contributed by atoms with Gasteiger partial charge in [-0.2, -0.15) is 9.49 Å². The number of nitrogens with zero attached hydrogens (tertiary/aromatic N) is 4. The number of pyridine rings is 1. The number of halogens is 1. The fraction of sp³-hybridized carbons (Fsp3) is 0.227. The van der Waals surface area contributed by atoms with Gasteiger partial charge in [0, 0.05) is 36.5 Å². The average molecular weight is 389 g/mol. The highest BCUT2D eigenvalue weighted by Gasteiger charge is 2.30. The quantitative estimate of drug-likeness (QED) is 0.578. The van der Waals surface area contributed by atoms with Crippen molar-refractivity contribution in [2.75, 3.05) is 13.1 Å². The van der Waals surface area contributed by atoms with Gasteiger partial charge in [-0.15, -0.1) is 0 Å². The number of likely N-dealkylation sites (tertiary alicyclic amines) is 1. The highest BCUT2D eigenvalue weighted by molar-refractivity contribution is 5.93. The van der Waals surface area contributed by atoms with Gasteiger partial charge in [-0.3, -0.25) is 14.3 Å². The number of aromatic amines is 1. The Morgan fingerprint density at radius 2 is 1.83 bits per heavy atom. The molecule has 1 amide bonds. The lowest BCUT2D eigenvalue weighted by Crippen LogP contribution is -2.38. The molecular weight excluding hydrogens is 369 g/mol. The van der Waals surface area contributed by atoms with Crippen LogP contribution in [0, 0.1) is 5.95 Å². The van der Waals surface area contributed by atoms with Gasteiger partial charge < -0.3 is 4.90 Å². The maximum absolute atomic E-state index is 14.6. The van der Waals surface area contributed by atoms with E-state index in [2.05, 4.69) is 27.3 Å². The predicted octanol–water partition coefficient (Wildman–Crippen LogP) is 3.88. The number of fused-ring (bicyclic) bond motifs is 1. The van der Waals surface area contributed by atoms with Gasteiger partial charge in [-0.1, -0.05) is 36.4 Å². The number of H-pyrrole nitrogens is 1. The summed E-state index contributed by atoms with van der Waals surface area (Å²) < 4.78 is 15.9. The van der Waals surface area contributed by atoms with Crippen molar-refractivity contribution in [2.45, 2.75) is 18.8 Å². The van der Waals surface area contributed by atoms with Crippen molar-refractivity contribution in [3.8, 4) is 11.1 Å². The molecule has 29 heavy (non-hydrogen) atoms. The van der Waals surface area contributed by atoms with Crippen LogP contribution in [0.2, 0.25) is 0 Å². The molecule has 0 radical (unpaired) electrons. The Morgan fingerprint density at radius 3 is 2.59 bits per heavy atom. The largest absolute Gasteiger partial charge is 0.337 e. The van der Waals surface area contributed by atoms with Crippen LogP contribution in [0.5, 0.6) is 0 Å². The smallest absolute Gasteiger partial charge is 0.277 e. The van der Waals surface area contributed by atoms with Gasteiger partial charge >= 0.3 is 0 Å². The number of rotatable bonds is 3. The van der Waals surface area contributed by atoms with Crippen LogP contribution in [-0.4, -0.2) is 43.5 Å². The van der Waals surface area contributed by atoms with Crippen LogP contribution in [-0.2, 0) is 0 Å². The van der Waals surface area contributed by atoms with E-state index in [0.29, 0.717) is 18.7 Å². The minimum absolute atomic E-state index is 0.110. The Labute approximate surface area is 167 Å². The van der Waals surface area contributed by atoms with E-state index in [-0.39, 0.29) is 17.5 Å². The van der Waals surface area contributed by atoms with Crippen LogP contribution < -0.4 is 0 Å². The van der Waals surface area contributed by atoms with Crippen LogP contribution in [0.4, 0.5) is 4.39 Å². The van der Waals surface area contributed by atoms with Crippen molar-refractivity contribution in [3.05, 3.63) is 78.3 Å². The van der Waals surface area contributed by atoms with Crippen LogP contribution >= 0.6 is 0 Å². The molecule has 1 fully saturated rings. The second kappa shape index (κ2) is 7.16. The van der Waals surface area contributed by atoms with Crippen LogP contribution in [0.3, 0.4) is 0 Å². The highest BCUT2D eigenvalue weighted by atomic mass is 19.1. The molecule has 0 bridgehead atoms. The zero-order valence-electron chi connectivity index (χ0n) is 15.8. The van der Waals surface area contributed by atoms with E-state index in [1.54, 1.807) is 29.3 Å². The minimum atomic E-state index is -0.604. The van der Waals surface area contributed by atoms with E-state index in [1.807, 2.05) is 24.4 Å². The molecule has 146 valence electrons. The van der Waals surface area contributed by atoms with Gasteiger partial charge in [0.05, 0.1) is 6.20 Å². The third kappa shape index (κ3) is 3.08. The molecule has 1 saturated heterocycles. The summed E-state index contributed by atoms with van der Waals surface area (Å²) in [4.78, 5) is 18.7. The summed E-state index contributed by atoms with van der Waals surface area (Å²) in [5, 5.41) is 7.39. The van der Waals surface area contributed by atoms with Crippen LogP contribution in [0.1, 0.15) is 34.9 Å². The van der Waals surface area contributed by atoms with Gasteiger partial charge in [-0.25, -0.2) is 4.98 Å². The van der Waals surface area contributed by atoms with Crippen molar-refractivity contribution in [1.29, 1.82) is 0 Å². The highest BCUT2D eigenvalue weighted by Crippen LogP contribution is 2.34. The number of benzene rings is 1. The van der Waals surface area contributed by atoms with Crippen LogP contribution in [0.25, 0.3) is 16.8 Å². The summed E-state index contributed by atoms with van der Waals surface area (Å²) in [5.74, 6) is -0.673. The molecular formula is C22H20FN5O. The average Bonchev–Trinajstić information content (AvgIpc) is 3.39. The fourth-order valence-electron chi connectivity index (χ4n) is 4.08. The van der Waals surface area contributed by atoms with Crippen molar-refractivity contribution in [2.24, 2.45) is 0 Å². The molecule has 4 heterocycles. The van der Waals surface area contributed by atoms with Gasteiger partial charge in [0.25, 0.3) is 5.91 Å². The first-order valence-corrected chi connectivity index (χ1v) is 9.73. The maximum Gasteiger partial charge on any atom is 0.277 e. The standard InChI is InChI=1S/C22H20FN5O/c23-21-20(25-18-8-4-5-11-28(18)21)22(29)27-12-9-16(10-13-27)19-17(14-24-26-19)15-6-2-1-3-7-15/h1-8,11,14,16H,9-10,12-13H2,(H,24,26). The zero-order chi connectivity index (χ0) is 19.8. The summed E-state index contributed by atoms with van der Waals surface area (Å²) in [5.41, 5.74) is 3.65. The Morgan fingerprint density at radius 1 is 1.07 bits per heavy atom. The van der Waals surface area contributed by atoms with E-state index in [1.165, 1.54) is 4.40 Å². The minimum Gasteiger partial charge on any atom is -0.337 e. The van der Waals surface area contributed by atoms with Gasteiger partial charge in [0.1, 0.15) is 5.65 Å². The van der Waals surface area contributed by atoms with Gasteiger partial charge in [0.2, 0.25) is 5.95 Å². The number of carbonyl (C=O) groups is 1. The van der Waals surface area contributed by atoms with Gasteiger partial charge in [0.15, 0.2) is 5.69 Å². The van der Waals surface area contributed by atoms with Crippen molar-refractivity contribution in [1.82, 2.24) is 24.5 Å². The molecule has 1 N–H and O–H groups in total. The normalized spacial score (nSPS) is 15.1. The second-order valence-electron chi connectivity index (χ2n) is 7.31. The van der Waals surface area contributed by atoms with E-state index in [4.69, 9.17) is 0 Å². The SMILES string of the molecule is O=C(c1nc2ccccn2c1F)N1CCC(c2[nH]ncc2-c2ccccc2)CC1. The van der Waals surface area contributed by atoms with E-state index in [0.717, 1.165) is 29.7 Å². The number of imidazole rings is 1. The topological polar surface area (TPSA) is 66.3 Å². The molecule has 1 aromatic carbocycles. The Balaban J connectivity index is 1.33. The predicted molar refractivity (Wildman–Crippen MR) is 107 cm³/mol.